The van der Waals surface area contributed by atoms with Crippen LogP contribution < -0.4 is 0 Å². The lowest BCUT2D eigenvalue weighted by Gasteiger charge is -2.22. The Hall–Kier alpha value is -1.93. The zero-order valence-electron chi connectivity index (χ0n) is 12.4. The van der Waals surface area contributed by atoms with E-state index < -0.39 is 0 Å². The number of rotatable bonds is 1. The van der Waals surface area contributed by atoms with Gasteiger partial charge in [0, 0.05) is 11.6 Å². The molecule has 0 radical (unpaired) electrons. The normalized spacial score (nSPS) is 11.8. The fourth-order valence-electron chi connectivity index (χ4n) is 2.57. The molecule has 2 nitrogen and oxygen atoms in total. The third kappa shape index (κ3) is 2.77. The van der Waals surface area contributed by atoms with Crippen LogP contribution in [0.1, 0.15) is 26.3 Å². The third-order valence-electron chi connectivity index (χ3n) is 3.60. The molecular formula is C18H17ClN2. The van der Waals surface area contributed by atoms with Crippen molar-refractivity contribution in [2.45, 2.75) is 26.2 Å². The zero-order valence-corrected chi connectivity index (χ0v) is 13.1. The summed E-state index contributed by atoms with van der Waals surface area (Å²) in [6.07, 6.45) is 1.50. The Kier molecular flexibility index (Phi) is 3.42. The average Bonchev–Trinajstić information content (AvgIpc) is 2.45. The standard InChI is InChI=1S/C18H17ClN2/c1-18(2,3)15-9-13(16-10-17(19)21-11-20-16)8-12-6-4-5-7-14(12)15/h4-11H,1-3H3. The van der Waals surface area contributed by atoms with Gasteiger partial charge in [-0.05, 0) is 33.9 Å². The van der Waals surface area contributed by atoms with Crippen molar-refractivity contribution in [3.8, 4) is 11.3 Å². The second-order valence-electron chi connectivity index (χ2n) is 6.22. The van der Waals surface area contributed by atoms with Crippen LogP contribution in [0.25, 0.3) is 22.0 Å². The summed E-state index contributed by atoms with van der Waals surface area (Å²) in [7, 11) is 0. The van der Waals surface area contributed by atoms with Crippen molar-refractivity contribution in [2.75, 3.05) is 0 Å². The molecule has 3 rings (SSSR count). The Morgan fingerprint density at radius 3 is 2.43 bits per heavy atom. The summed E-state index contributed by atoms with van der Waals surface area (Å²) in [6.45, 7) is 6.68. The van der Waals surface area contributed by atoms with E-state index in [1.807, 2.05) is 0 Å². The van der Waals surface area contributed by atoms with Crippen molar-refractivity contribution < 1.29 is 0 Å². The Morgan fingerprint density at radius 1 is 0.952 bits per heavy atom. The van der Waals surface area contributed by atoms with Crippen molar-refractivity contribution >= 4 is 22.4 Å². The largest absolute Gasteiger partial charge is 0.236 e. The number of benzene rings is 2. The minimum atomic E-state index is 0.0619. The van der Waals surface area contributed by atoms with Gasteiger partial charge in [-0.3, -0.25) is 0 Å². The van der Waals surface area contributed by atoms with Gasteiger partial charge < -0.3 is 0 Å². The number of aromatic nitrogens is 2. The highest BCUT2D eigenvalue weighted by Gasteiger charge is 2.18. The number of hydrogen-bond acceptors (Lipinski definition) is 2. The van der Waals surface area contributed by atoms with Gasteiger partial charge in [0.1, 0.15) is 11.5 Å². The molecule has 0 aliphatic carbocycles. The first-order chi connectivity index (χ1) is 9.95. The number of halogens is 1. The molecule has 0 N–H and O–H groups in total. The summed E-state index contributed by atoms with van der Waals surface area (Å²) in [6, 6.07) is 14.6. The predicted molar refractivity (Wildman–Crippen MR) is 88.7 cm³/mol. The molecule has 0 aliphatic rings. The fourth-order valence-corrected chi connectivity index (χ4v) is 2.72. The second kappa shape index (κ2) is 5.12. The van der Waals surface area contributed by atoms with Crippen LogP contribution in [0.15, 0.2) is 48.8 Å². The predicted octanol–water partition coefficient (Wildman–Crippen LogP) is 5.25. The van der Waals surface area contributed by atoms with Gasteiger partial charge in [0.25, 0.3) is 0 Å². The van der Waals surface area contributed by atoms with Gasteiger partial charge in [0.2, 0.25) is 0 Å². The smallest absolute Gasteiger partial charge is 0.133 e. The van der Waals surface area contributed by atoms with E-state index in [4.69, 9.17) is 11.6 Å². The van der Waals surface area contributed by atoms with Crippen LogP contribution in [-0.2, 0) is 5.41 Å². The first kappa shape index (κ1) is 14.0. The monoisotopic (exact) mass is 296 g/mol. The molecule has 0 unspecified atom stereocenters. The van der Waals surface area contributed by atoms with Gasteiger partial charge in [-0.2, -0.15) is 0 Å². The Bertz CT molecular complexity index is 804. The molecule has 0 saturated carbocycles. The van der Waals surface area contributed by atoms with E-state index in [0.29, 0.717) is 5.15 Å². The lowest BCUT2D eigenvalue weighted by atomic mass is 9.82. The highest BCUT2D eigenvalue weighted by molar-refractivity contribution is 6.29. The number of nitrogens with zero attached hydrogens (tertiary/aromatic N) is 2. The molecule has 0 saturated heterocycles. The van der Waals surface area contributed by atoms with Crippen molar-refractivity contribution in [3.05, 3.63) is 59.5 Å². The molecule has 3 heteroatoms. The van der Waals surface area contributed by atoms with Crippen LogP contribution in [0.5, 0.6) is 0 Å². The molecule has 2 aromatic carbocycles. The summed E-state index contributed by atoms with van der Waals surface area (Å²) >= 11 is 5.99. The minimum absolute atomic E-state index is 0.0619. The first-order valence-corrected chi connectivity index (χ1v) is 7.34. The lowest BCUT2D eigenvalue weighted by molar-refractivity contribution is 0.596. The zero-order chi connectivity index (χ0) is 15.0. The average molecular weight is 297 g/mol. The van der Waals surface area contributed by atoms with Gasteiger partial charge in [-0.25, -0.2) is 9.97 Å². The van der Waals surface area contributed by atoms with Gasteiger partial charge in [0.15, 0.2) is 0 Å². The molecule has 0 fully saturated rings. The van der Waals surface area contributed by atoms with E-state index in [1.165, 1.54) is 22.7 Å². The van der Waals surface area contributed by atoms with Crippen LogP contribution in [-0.4, -0.2) is 9.97 Å². The summed E-state index contributed by atoms with van der Waals surface area (Å²) in [5.74, 6) is 0. The fraction of sp³-hybridized carbons (Fsp3) is 0.222. The topological polar surface area (TPSA) is 25.8 Å². The van der Waals surface area contributed by atoms with Gasteiger partial charge in [-0.15, -0.1) is 0 Å². The van der Waals surface area contributed by atoms with Gasteiger partial charge in [0.05, 0.1) is 5.69 Å². The minimum Gasteiger partial charge on any atom is -0.236 e. The van der Waals surface area contributed by atoms with E-state index in [9.17, 15) is 0 Å². The molecule has 21 heavy (non-hydrogen) atoms. The first-order valence-electron chi connectivity index (χ1n) is 6.96. The van der Waals surface area contributed by atoms with E-state index in [0.717, 1.165) is 11.3 Å². The van der Waals surface area contributed by atoms with Crippen LogP contribution in [0.4, 0.5) is 0 Å². The quantitative estimate of drug-likeness (QED) is 0.573. The maximum Gasteiger partial charge on any atom is 0.133 e. The summed E-state index contributed by atoms with van der Waals surface area (Å²) < 4.78 is 0. The number of fused-ring (bicyclic) bond motifs is 1. The summed E-state index contributed by atoms with van der Waals surface area (Å²) in [5, 5.41) is 2.97. The molecule has 0 aliphatic heterocycles. The van der Waals surface area contributed by atoms with Crippen LogP contribution in [0.3, 0.4) is 0 Å². The van der Waals surface area contributed by atoms with Crippen molar-refractivity contribution in [1.29, 1.82) is 0 Å². The highest BCUT2D eigenvalue weighted by atomic mass is 35.5. The summed E-state index contributed by atoms with van der Waals surface area (Å²) in [5.41, 5.74) is 3.30. The maximum absolute atomic E-state index is 5.99. The SMILES string of the molecule is CC(C)(C)c1cc(-c2cc(Cl)ncn2)cc2ccccc12. The molecule has 0 spiro atoms. The molecular weight excluding hydrogens is 280 g/mol. The molecule has 0 bridgehead atoms. The Morgan fingerprint density at radius 2 is 1.71 bits per heavy atom. The second-order valence-corrected chi connectivity index (χ2v) is 6.61. The lowest BCUT2D eigenvalue weighted by Crippen LogP contribution is -2.12. The van der Waals surface area contributed by atoms with Crippen molar-refractivity contribution in [3.63, 3.8) is 0 Å². The van der Waals surface area contributed by atoms with Crippen LogP contribution >= 0.6 is 11.6 Å². The molecule has 106 valence electrons. The highest BCUT2D eigenvalue weighted by Crippen LogP contribution is 2.34. The van der Waals surface area contributed by atoms with Gasteiger partial charge in [-0.1, -0.05) is 56.6 Å². The Balaban J connectivity index is 2.31. The van der Waals surface area contributed by atoms with E-state index in [-0.39, 0.29) is 5.41 Å². The van der Waals surface area contributed by atoms with Crippen molar-refractivity contribution in [2.24, 2.45) is 0 Å². The summed E-state index contributed by atoms with van der Waals surface area (Å²) in [4.78, 5) is 8.30. The third-order valence-corrected chi connectivity index (χ3v) is 3.81. The molecule has 0 amide bonds. The van der Waals surface area contributed by atoms with E-state index >= 15 is 0 Å². The maximum atomic E-state index is 5.99. The van der Waals surface area contributed by atoms with Gasteiger partial charge >= 0.3 is 0 Å². The molecule has 1 heterocycles. The van der Waals surface area contributed by atoms with Crippen molar-refractivity contribution in [1.82, 2.24) is 9.97 Å². The van der Waals surface area contributed by atoms with Crippen LogP contribution in [0.2, 0.25) is 5.15 Å². The number of hydrogen-bond donors (Lipinski definition) is 0. The Labute approximate surface area is 129 Å². The molecule has 1 aromatic heterocycles. The molecule has 3 aromatic rings. The van der Waals surface area contributed by atoms with E-state index in [2.05, 4.69) is 67.1 Å². The van der Waals surface area contributed by atoms with E-state index in [1.54, 1.807) is 6.07 Å². The molecule has 0 atom stereocenters. The van der Waals surface area contributed by atoms with Crippen LogP contribution in [0, 0.1) is 0 Å².